The molecule has 22 atom stereocenters. The standard InChI is InChI=1S/C46H87N3O14/c1-18-33-46(11,55)39(52)28(6)49(16)23-24(2)21-45(10,63-34-20-32(48(14)15)36(50)29(7)58-34)41(62-43-37(51)31(47(12)13)19-25(3)57-43)26(4)38(27(5)42(54)60-33)61-35-22-44(9,56-17)40(53)30(8)59-35/h24-41,43,50-53,55H,18-23H2,1-17H3/t24-,25-,26+,27-,28-,29+,30+,31+,32-,33-,34?,35?,36+,37-,38+,39-,40+,41-,43?,44-,45-,46-/m1/s1. The molecule has 3 unspecified atom stereocenters. The summed E-state index contributed by atoms with van der Waals surface area (Å²) in [6.45, 7) is 20.5. The van der Waals surface area contributed by atoms with E-state index in [4.69, 9.17) is 37.9 Å². The number of likely N-dealkylation sites (N-methyl/N-ethyl adjacent to an activating group) is 3. The number of ether oxygens (including phenoxy) is 8. The van der Waals surface area contributed by atoms with Crippen LogP contribution in [-0.2, 0) is 42.7 Å². The van der Waals surface area contributed by atoms with Gasteiger partial charge in [0.15, 0.2) is 18.9 Å². The number of aliphatic hydroxyl groups is 5. The molecule has 17 nitrogen and oxygen atoms in total. The minimum Gasteiger partial charge on any atom is -0.459 e. The first-order chi connectivity index (χ1) is 29.1. The van der Waals surface area contributed by atoms with Crippen LogP contribution in [0.4, 0.5) is 0 Å². The fourth-order valence-corrected chi connectivity index (χ4v) is 10.7. The number of esters is 1. The monoisotopic (exact) mass is 906 g/mol. The van der Waals surface area contributed by atoms with Gasteiger partial charge < -0.3 is 78.1 Å². The third-order valence-electron chi connectivity index (χ3n) is 14.9. The Balaban J connectivity index is 1.97. The van der Waals surface area contributed by atoms with Crippen LogP contribution in [0.3, 0.4) is 0 Å². The first-order valence-corrected chi connectivity index (χ1v) is 23.3. The average Bonchev–Trinajstić information content (AvgIpc) is 3.20. The molecule has 4 heterocycles. The first-order valence-electron chi connectivity index (χ1n) is 23.3. The van der Waals surface area contributed by atoms with E-state index in [1.807, 2.05) is 84.6 Å². The van der Waals surface area contributed by atoms with E-state index in [0.29, 0.717) is 25.8 Å². The number of aliphatic hydroxyl groups excluding tert-OH is 4. The molecular formula is C46H87N3O14. The fourth-order valence-electron chi connectivity index (χ4n) is 10.7. The number of rotatable bonds is 10. The maximum atomic E-state index is 14.7. The molecule has 0 aromatic heterocycles. The third kappa shape index (κ3) is 12.3. The van der Waals surface area contributed by atoms with Crippen molar-refractivity contribution in [3.05, 3.63) is 0 Å². The molecule has 370 valence electrons. The summed E-state index contributed by atoms with van der Waals surface area (Å²) in [6.07, 6.45) is -10.1. The zero-order valence-corrected chi connectivity index (χ0v) is 41.5. The normalized spacial score (nSPS) is 49.3. The molecule has 4 aliphatic rings. The molecule has 4 fully saturated rings. The summed E-state index contributed by atoms with van der Waals surface area (Å²) in [7, 11) is 11.0. The van der Waals surface area contributed by atoms with Gasteiger partial charge in [0.05, 0.1) is 53.7 Å². The number of carbonyl (C=O) groups is 1. The SMILES string of the molecule is CC[C@H]1OC(=O)[C@H](C)[C@@H](OC2C[C@@](C)(OC)[C@@H](O)[C@H](C)O2)[C@H](C)[C@@H](OC2O[C@H](C)C[C@H](N(C)C)[C@H]2O)[C@](C)(OC2C[C@@H](N(C)C)[C@@H](O)[C@H](C)O2)C[C@@H](C)CN(C)[C@H](C)[C@@H](O)[C@]1(C)O. The largest absolute Gasteiger partial charge is 0.459 e. The Morgan fingerprint density at radius 1 is 0.778 bits per heavy atom. The minimum absolute atomic E-state index is 0.119. The van der Waals surface area contributed by atoms with Gasteiger partial charge in [0.1, 0.15) is 30.0 Å². The molecule has 0 spiro atoms. The molecule has 4 rings (SSSR count). The van der Waals surface area contributed by atoms with E-state index in [1.165, 1.54) is 14.0 Å². The Morgan fingerprint density at radius 2 is 1.37 bits per heavy atom. The molecule has 0 aliphatic carbocycles. The van der Waals surface area contributed by atoms with Gasteiger partial charge in [-0.1, -0.05) is 20.8 Å². The van der Waals surface area contributed by atoms with Crippen molar-refractivity contribution < 1.29 is 68.2 Å². The van der Waals surface area contributed by atoms with Gasteiger partial charge >= 0.3 is 5.97 Å². The molecule has 4 aliphatic heterocycles. The van der Waals surface area contributed by atoms with Crippen molar-refractivity contribution in [2.24, 2.45) is 17.8 Å². The first kappa shape index (κ1) is 54.5. The number of hydrogen-bond acceptors (Lipinski definition) is 17. The van der Waals surface area contributed by atoms with Crippen LogP contribution in [0.15, 0.2) is 0 Å². The van der Waals surface area contributed by atoms with Crippen molar-refractivity contribution >= 4 is 5.97 Å². The summed E-state index contributed by atoms with van der Waals surface area (Å²) in [6, 6.07) is -1.16. The molecule has 17 heteroatoms. The van der Waals surface area contributed by atoms with Gasteiger partial charge in [-0.15, -0.1) is 0 Å². The lowest BCUT2D eigenvalue weighted by Crippen LogP contribution is -2.62. The van der Waals surface area contributed by atoms with Crippen molar-refractivity contribution in [1.82, 2.24) is 14.7 Å². The quantitative estimate of drug-likeness (QED) is 0.200. The van der Waals surface area contributed by atoms with Crippen molar-refractivity contribution in [3.8, 4) is 0 Å². The summed E-state index contributed by atoms with van der Waals surface area (Å²) >= 11 is 0. The predicted octanol–water partition coefficient (Wildman–Crippen LogP) is 2.35. The summed E-state index contributed by atoms with van der Waals surface area (Å²) in [5.74, 6) is -2.62. The fraction of sp³-hybridized carbons (Fsp3) is 0.978. The van der Waals surface area contributed by atoms with Crippen molar-refractivity contribution in [1.29, 1.82) is 0 Å². The Bertz CT molecular complexity index is 1450. The van der Waals surface area contributed by atoms with Gasteiger partial charge in [-0.25, -0.2) is 0 Å². The zero-order chi connectivity index (χ0) is 47.7. The third-order valence-corrected chi connectivity index (χ3v) is 14.9. The highest BCUT2D eigenvalue weighted by Gasteiger charge is 2.54. The van der Waals surface area contributed by atoms with E-state index in [9.17, 15) is 30.3 Å². The number of nitrogens with zero attached hydrogens (tertiary/aromatic N) is 3. The van der Waals surface area contributed by atoms with Crippen LogP contribution in [0.1, 0.15) is 108 Å². The second-order valence-corrected chi connectivity index (χ2v) is 20.8. The van der Waals surface area contributed by atoms with Gasteiger partial charge in [-0.2, -0.15) is 0 Å². The summed E-state index contributed by atoms with van der Waals surface area (Å²) in [5.41, 5.74) is -4.16. The molecule has 0 radical (unpaired) electrons. The molecule has 0 saturated carbocycles. The number of hydrogen-bond donors (Lipinski definition) is 5. The van der Waals surface area contributed by atoms with E-state index >= 15 is 0 Å². The van der Waals surface area contributed by atoms with Gasteiger partial charge in [0.2, 0.25) is 0 Å². The van der Waals surface area contributed by atoms with E-state index in [1.54, 1.807) is 27.7 Å². The Kier molecular flexibility index (Phi) is 18.9. The lowest BCUT2D eigenvalue weighted by atomic mass is 9.77. The smallest absolute Gasteiger partial charge is 0.311 e. The molecule has 0 aromatic carbocycles. The lowest BCUT2D eigenvalue weighted by Gasteiger charge is -2.51. The van der Waals surface area contributed by atoms with Crippen LogP contribution in [0.25, 0.3) is 0 Å². The van der Waals surface area contributed by atoms with Crippen LogP contribution >= 0.6 is 0 Å². The number of carbonyl (C=O) groups excluding carboxylic acids is 1. The van der Waals surface area contributed by atoms with E-state index in [0.717, 1.165) is 0 Å². The number of methoxy groups -OCH3 is 1. The topological polar surface area (TPSA) is 202 Å². The van der Waals surface area contributed by atoms with Crippen molar-refractivity contribution in [2.45, 2.75) is 223 Å². The van der Waals surface area contributed by atoms with Gasteiger partial charge in [-0.05, 0) is 116 Å². The second kappa shape index (κ2) is 21.9. The van der Waals surface area contributed by atoms with Crippen molar-refractivity contribution in [2.75, 3.05) is 48.9 Å². The van der Waals surface area contributed by atoms with Crippen LogP contribution < -0.4 is 0 Å². The molecular weight excluding hydrogens is 819 g/mol. The Morgan fingerprint density at radius 3 is 1.94 bits per heavy atom. The van der Waals surface area contributed by atoms with Crippen LogP contribution in [0.5, 0.6) is 0 Å². The Labute approximate surface area is 377 Å². The van der Waals surface area contributed by atoms with Crippen molar-refractivity contribution in [3.63, 3.8) is 0 Å². The molecule has 0 aromatic rings. The van der Waals surface area contributed by atoms with Gasteiger partial charge in [-0.3, -0.25) is 4.79 Å². The van der Waals surface area contributed by atoms with Gasteiger partial charge in [0, 0.05) is 50.5 Å². The summed E-state index contributed by atoms with van der Waals surface area (Å²) in [5, 5.41) is 58.1. The molecule has 5 N–H and O–H groups in total. The Hall–Kier alpha value is -1.13. The molecule has 0 bridgehead atoms. The van der Waals surface area contributed by atoms with E-state index < -0.39 is 114 Å². The van der Waals surface area contributed by atoms with Crippen LogP contribution in [-0.4, -0.2) is 210 Å². The molecule has 0 amide bonds. The van der Waals surface area contributed by atoms with Crippen LogP contribution in [0.2, 0.25) is 0 Å². The van der Waals surface area contributed by atoms with Gasteiger partial charge in [0.25, 0.3) is 0 Å². The maximum Gasteiger partial charge on any atom is 0.311 e. The lowest BCUT2D eigenvalue weighted by molar-refractivity contribution is -0.341. The highest BCUT2D eigenvalue weighted by Crippen LogP contribution is 2.43. The average molecular weight is 906 g/mol. The summed E-state index contributed by atoms with van der Waals surface area (Å²) in [4.78, 5) is 20.6. The predicted molar refractivity (Wildman–Crippen MR) is 235 cm³/mol. The van der Waals surface area contributed by atoms with E-state index in [-0.39, 0.29) is 36.9 Å². The summed E-state index contributed by atoms with van der Waals surface area (Å²) < 4.78 is 52.6. The molecule has 4 saturated heterocycles. The molecule has 63 heavy (non-hydrogen) atoms. The zero-order valence-electron chi connectivity index (χ0n) is 41.5. The highest BCUT2D eigenvalue weighted by atomic mass is 16.7. The highest BCUT2D eigenvalue weighted by molar-refractivity contribution is 5.73. The van der Waals surface area contributed by atoms with Crippen LogP contribution in [0, 0.1) is 17.8 Å². The number of cyclic esters (lactones) is 1. The second-order valence-electron chi connectivity index (χ2n) is 20.8. The minimum atomic E-state index is -1.83. The van der Waals surface area contributed by atoms with E-state index in [2.05, 4.69) is 6.92 Å². The maximum absolute atomic E-state index is 14.7.